The van der Waals surface area contributed by atoms with Crippen molar-refractivity contribution in [3.05, 3.63) is 10.1 Å². The van der Waals surface area contributed by atoms with Gasteiger partial charge in [-0.1, -0.05) is 26.7 Å². The van der Waals surface area contributed by atoms with Gasteiger partial charge in [-0.25, -0.2) is 0 Å². The van der Waals surface area contributed by atoms with E-state index in [-0.39, 0.29) is 16.8 Å². The first kappa shape index (κ1) is 15.9. The Morgan fingerprint density at radius 3 is 2.47 bits per heavy atom. The number of carbonyl (C=O) groups excluding carboxylic acids is 1. The molecular weight excluding hydrogens is 222 g/mol. The van der Waals surface area contributed by atoms with Crippen LogP contribution in [0, 0.1) is 16.0 Å². The Balaban J connectivity index is 3.70. The van der Waals surface area contributed by atoms with Crippen molar-refractivity contribution in [2.24, 2.45) is 5.92 Å². The first-order valence-corrected chi connectivity index (χ1v) is 6.29. The molecule has 0 aliphatic rings. The molecule has 2 atom stereocenters. The van der Waals surface area contributed by atoms with Gasteiger partial charge in [0.25, 0.3) is 0 Å². The van der Waals surface area contributed by atoms with Gasteiger partial charge in [0, 0.05) is 18.3 Å². The number of rotatable bonds is 9. The van der Waals surface area contributed by atoms with Crippen molar-refractivity contribution in [1.29, 1.82) is 0 Å². The summed E-state index contributed by atoms with van der Waals surface area (Å²) in [7, 11) is 0. The minimum Gasteiger partial charge on any atom is -0.465 e. The molecule has 17 heavy (non-hydrogen) atoms. The van der Waals surface area contributed by atoms with E-state index in [2.05, 4.69) is 6.92 Å². The van der Waals surface area contributed by atoms with Crippen molar-refractivity contribution in [2.75, 3.05) is 6.61 Å². The molecule has 0 aliphatic heterocycles. The van der Waals surface area contributed by atoms with Crippen LogP contribution in [0.1, 0.15) is 52.9 Å². The highest BCUT2D eigenvalue weighted by Gasteiger charge is 2.19. The maximum Gasteiger partial charge on any atom is 0.308 e. The second kappa shape index (κ2) is 8.96. The monoisotopic (exact) mass is 245 g/mol. The Morgan fingerprint density at radius 1 is 1.29 bits per heavy atom. The van der Waals surface area contributed by atoms with E-state index in [1.54, 1.807) is 13.8 Å². The predicted octanol–water partition coefficient (Wildman–Crippen LogP) is 2.80. The largest absolute Gasteiger partial charge is 0.465 e. The third-order valence-electron chi connectivity index (χ3n) is 2.77. The molecule has 0 saturated heterocycles. The molecule has 0 rings (SSSR count). The zero-order chi connectivity index (χ0) is 13.3. The van der Waals surface area contributed by atoms with Crippen LogP contribution in [0.3, 0.4) is 0 Å². The van der Waals surface area contributed by atoms with E-state index in [1.165, 1.54) is 0 Å². The number of esters is 1. The van der Waals surface area contributed by atoms with Crippen LogP contribution in [0.25, 0.3) is 0 Å². The lowest BCUT2D eigenvalue weighted by molar-refractivity contribution is -0.519. The first-order chi connectivity index (χ1) is 7.99. The van der Waals surface area contributed by atoms with Gasteiger partial charge >= 0.3 is 5.97 Å². The van der Waals surface area contributed by atoms with Crippen molar-refractivity contribution in [2.45, 2.75) is 58.9 Å². The van der Waals surface area contributed by atoms with Crippen molar-refractivity contribution in [1.82, 2.24) is 0 Å². The van der Waals surface area contributed by atoms with Gasteiger partial charge < -0.3 is 4.74 Å². The summed E-state index contributed by atoms with van der Waals surface area (Å²) in [6, 6.07) is -0.592. The molecular formula is C12H23NO4. The molecule has 0 fully saturated rings. The van der Waals surface area contributed by atoms with Crippen molar-refractivity contribution in [3.8, 4) is 0 Å². The van der Waals surface area contributed by atoms with E-state index in [1.807, 2.05) is 0 Å². The highest BCUT2D eigenvalue weighted by molar-refractivity contribution is 5.71. The normalized spacial score (nSPS) is 14.1. The van der Waals surface area contributed by atoms with Crippen LogP contribution in [0.2, 0.25) is 0 Å². The van der Waals surface area contributed by atoms with Crippen LogP contribution in [-0.4, -0.2) is 23.5 Å². The molecule has 0 aromatic rings. The van der Waals surface area contributed by atoms with E-state index >= 15 is 0 Å². The molecule has 2 unspecified atom stereocenters. The van der Waals surface area contributed by atoms with E-state index in [4.69, 9.17) is 4.74 Å². The molecule has 0 aliphatic carbocycles. The van der Waals surface area contributed by atoms with Gasteiger partial charge in [-0.3, -0.25) is 14.9 Å². The number of nitro groups is 1. The van der Waals surface area contributed by atoms with Crippen LogP contribution < -0.4 is 0 Å². The van der Waals surface area contributed by atoms with Gasteiger partial charge in [-0.15, -0.1) is 0 Å². The fourth-order valence-corrected chi connectivity index (χ4v) is 1.38. The van der Waals surface area contributed by atoms with Gasteiger partial charge in [-0.2, -0.15) is 0 Å². The minimum atomic E-state index is -0.592. The summed E-state index contributed by atoms with van der Waals surface area (Å²) in [6.45, 7) is 5.86. The number of carbonyl (C=O) groups is 1. The summed E-state index contributed by atoms with van der Waals surface area (Å²) in [5.41, 5.74) is 0. The molecule has 0 bridgehead atoms. The van der Waals surface area contributed by atoms with Gasteiger partial charge in [0.05, 0.1) is 12.5 Å². The summed E-state index contributed by atoms with van der Waals surface area (Å²) in [5.74, 6) is -0.490. The molecule has 5 heteroatoms. The summed E-state index contributed by atoms with van der Waals surface area (Å²) < 4.78 is 5.09. The predicted molar refractivity (Wildman–Crippen MR) is 65.3 cm³/mol. The second-order valence-electron chi connectivity index (χ2n) is 4.49. The number of nitrogens with zero attached hydrogens (tertiary/aromatic N) is 1. The van der Waals surface area contributed by atoms with Crippen LogP contribution in [0.5, 0.6) is 0 Å². The summed E-state index contributed by atoms with van der Waals surface area (Å²) in [6.07, 6.45) is 3.96. The summed E-state index contributed by atoms with van der Waals surface area (Å²) in [4.78, 5) is 21.6. The summed E-state index contributed by atoms with van der Waals surface area (Å²) >= 11 is 0. The highest BCUT2D eigenvalue weighted by atomic mass is 16.6. The highest BCUT2D eigenvalue weighted by Crippen LogP contribution is 2.11. The number of hydrogen-bond donors (Lipinski definition) is 0. The zero-order valence-corrected chi connectivity index (χ0v) is 11.0. The number of ether oxygens (including phenoxy) is 1. The molecule has 0 aromatic heterocycles. The quantitative estimate of drug-likeness (QED) is 0.271. The van der Waals surface area contributed by atoms with Crippen molar-refractivity contribution >= 4 is 5.97 Å². The fraction of sp³-hybridized carbons (Fsp3) is 0.917. The van der Waals surface area contributed by atoms with E-state index in [0.29, 0.717) is 19.4 Å². The van der Waals surface area contributed by atoms with E-state index < -0.39 is 6.04 Å². The second-order valence-corrected chi connectivity index (χ2v) is 4.49. The lowest BCUT2D eigenvalue weighted by Crippen LogP contribution is -2.20. The SMILES string of the molecule is CCCCCOC(=O)C(C)CCC(C)[N+](=O)[O-]. The minimum absolute atomic E-state index is 0.239. The maximum absolute atomic E-state index is 11.5. The smallest absolute Gasteiger partial charge is 0.308 e. The van der Waals surface area contributed by atoms with Crippen LogP contribution in [-0.2, 0) is 9.53 Å². The molecule has 5 nitrogen and oxygen atoms in total. The Morgan fingerprint density at radius 2 is 1.94 bits per heavy atom. The number of unbranched alkanes of at least 4 members (excludes halogenated alkanes) is 2. The Hall–Kier alpha value is -1.13. The third kappa shape index (κ3) is 7.71. The van der Waals surface area contributed by atoms with Crippen LogP contribution in [0.15, 0.2) is 0 Å². The first-order valence-electron chi connectivity index (χ1n) is 6.29. The molecule has 0 aromatic carbocycles. The van der Waals surface area contributed by atoms with E-state index in [9.17, 15) is 14.9 Å². The summed E-state index contributed by atoms with van der Waals surface area (Å²) in [5, 5.41) is 10.4. The standard InChI is InChI=1S/C12H23NO4/c1-4-5-6-9-17-12(14)10(2)7-8-11(3)13(15)16/h10-11H,4-9H2,1-3H3. The third-order valence-corrected chi connectivity index (χ3v) is 2.77. The lowest BCUT2D eigenvalue weighted by Gasteiger charge is -2.11. The van der Waals surface area contributed by atoms with Gasteiger partial charge in [0.1, 0.15) is 0 Å². The Bertz CT molecular complexity index is 243. The van der Waals surface area contributed by atoms with E-state index in [0.717, 1.165) is 19.3 Å². The zero-order valence-electron chi connectivity index (χ0n) is 11.0. The Kier molecular flexibility index (Phi) is 8.36. The van der Waals surface area contributed by atoms with Crippen LogP contribution >= 0.6 is 0 Å². The molecule has 0 radical (unpaired) electrons. The maximum atomic E-state index is 11.5. The Labute approximate surface area is 103 Å². The number of hydrogen-bond acceptors (Lipinski definition) is 4. The molecule has 0 saturated carbocycles. The van der Waals surface area contributed by atoms with Crippen LogP contribution in [0.4, 0.5) is 0 Å². The van der Waals surface area contributed by atoms with Crippen molar-refractivity contribution in [3.63, 3.8) is 0 Å². The average Bonchev–Trinajstić information content (AvgIpc) is 2.30. The van der Waals surface area contributed by atoms with Gasteiger partial charge in [-0.05, 0) is 12.8 Å². The molecule has 100 valence electrons. The van der Waals surface area contributed by atoms with Gasteiger partial charge in [0.2, 0.25) is 6.04 Å². The molecule has 0 spiro atoms. The average molecular weight is 245 g/mol. The lowest BCUT2D eigenvalue weighted by atomic mass is 10.0. The van der Waals surface area contributed by atoms with Crippen molar-refractivity contribution < 1.29 is 14.5 Å². The fourth-order valence-electron chi connectivity index (χ4n) is 1.38. The molecule has 0 heterocycles. The topological polar surface area (TPSA) is 69.4 Å². The van der Waals surface area contributed by atoms with Gasteiger partial charge in [0.15, 0.2) is 0 Å². The molecule has 0 N–H and O–H groups in total. The molecule has 0 amide bonds.